The van der Waals surface area contributed by atoms with E-state index in [0.29, 0.717) is 32.1 Å². The molecule has 10 heteroatoms. The highest BCUT2D eigenvalue weighted by atomic mass is 32.2. The Balaban J connectivity index is 1.60. The first-order valence-corrected chi connectivity index (χ1v) is 16.9. The molecule has 4 fully saturated rings. The molecular formula is C32H45F3N2O4S. The maximum absolute atomic E-state index is 14.5. The van der Waals surface area contributed by atoms with Crippen LogP contribution in [0.4, 0.5) is 13.2 Å². The summed E-state index contributed by atoms with van der Waals surface area (Å²) >= 11 is 0. The minimum atomic E-state index is -4.86. The number of nitrogens with one attached hydrogen (secondary N) is 1. The summed E-state index contributed by atoms with van der Waals surface area (Å²) in [5.74, 6) is -3.10. The van der Waals surface area contributed by atoms with E-state index in [9.17, 15) is 31.2 Å². The molecule has 2 unspecified atom stereocenters. The fourth-order valence-electron chi connectivity index (χ4n) is 11.0. The van der Waals surface area contributed by atoms with Crippen molar-refractivity contribution in [1.29, 1.82) is 0 Å². The monoisotopic (exact) mass is 610 g/mol. The number of allylic oxidation sites excluding steroid dienone is 2. The van der Waals surface area contributed by atoms with E-state index < -0.39 is 55.6 Å². The summed E-state index contributed by atoms with van der Waals surface area (Å²) in [4.78, 5) is 31.4. The molecule has 234 valence electrons. The van der Waals surface area contributed by atoms with Crippen LogP contribution in [0.25, 0.3) is 4.85 Å². The van der Waals surface area contributed by atoms with E-state index in [-0.39, 0.29) is 46.4 Å². The second-order valence-corrected chi connectivity index (χ2v) is 18.0. The molecule has 1 N–H and O–H groups in total. The van der Waals surface area contributed by atoms with Gasteiger partial charge in [-0.15, -0.1) is 0 Å². The number of carbonyl (C=O) groups excluding carboxylic acids is 2. The molecule has 0 spiro atoms. The quantitative estimate of drug-likeness (QED) is 0.354. The fraction of sp³-hybridized carbons (Fsp3) is 0.844. The van der Waals surface area contributed by atoms with Crippen molar-refractivity contribution in [1.82, 2.24) is 4.72 Å². The van der Waals surface area contributed by atoms with Crippen LogP contribution in [0.2, 0.25) is 0 Å². The zero-order valence-electron chi connectivity index (χ0n) is 25.9. The molecule has 0 aliphatic heterocycles. The van der Waals surface area contributed by atoms with Crippen molar-refractivity contribution >= 4 is 21.6 Å². The molecule has 5 aliphatic carbocycles. The average Bonchev–Trinajstić information content (AvgIpc) is 2.82. The van der Waals surface area contributed by atoms with Crippen molar-refractivity contribution < 1.29 is 31.2 Å². The summed E-state index contributed by atoms with van der Waals surface area (Å²) in [5.41, 5.74) is -3.31. The fourth-order valence-corrected chi connectivity index (χ4v) is 12.5. The minimum Gasteiger partial charge on any atom is -0.307 e. The van der Waals surface area contributed by atoms with Gasteiger partial charge in [-0.1, -0.05) is 54.5 Å². The van der Waals surface area contributed by atoms with E-state index in [4.69, 9.17) is 6.57 Å². The van der Waals surface area contributed by atoms with Crippen LogP contribution in [0.5, 0.6) is 0 Å². The lowest BCUT2D eigenvalue weighted by Gasteiger charge is -2.72. The Morgan fingerprint density at radius 3 is 2.17 bits per heavy atom. The molecule has 42 heavy (non-hydrogen) atoms. The second kappa shape index (κ2) is 9.15. The molecule has 4 saturated carbocycles. The highest BCUT2D eigenvalue weighted by molar-refractivity contribution is 7.89. The van der Waals surface area contributed by atoms with Crippen LogP contribution in [-0.4, -0.2) is 37.5 Å². The van der Waals surface area contributed by atoms with E-state index in [1.54, 1.807) is 0 Å². The van der Waals surface area contributed by atoms with Crippen molar-refractivity contribution in [2.75, 3.05) is 5.75 Å². The molecule has 0 heterocycles. The van der Waals surface area contributed by atoms with Crippen LogP contribution in [0, 0.1) is 57.3 Å². The number of ketones is 2. The number of fused-ring (bicyclic) bond motifs is 7. The lowest BCUT2D eigenvalue weighted by atomic mass is 9.32. The second-order valence-electron chi connectivity index (χ2n) is 16.3. The number of carbonyl (C=O) groups is 2. The molecular weight excluding hydrogens is 565 g/mol. The number of nitrogens with zero attached hydrogens (tertiary/aromatic N) is 1. The minimum absolute atomic E-state index is 0.0282. The third-order valence-electron chi connectivity index (χ3n) is 13.2. The predicted octanol–water partition coefficient (Wildman–Crippen LogP) is 6.87. The first kappa shape index (κ1) is 31.7. The maximum atomic E-state index is 14.5. The largest absolute Gasteiger partial charge is 0.404 e. The van der Waals surface area contributed by atoms with Crippen molar-refractivity contribution in [3.63, 3.8) is 0 Å². The summed E-state index contributed by atoms with van der Waals surface area (Å²) < 4.78 is 68.2. The van der Waals surface area contributed by atoms with Gasteiger partial charge in [0.15, 0.2) is 11.5 Å². The van der Waals surface area contributed by atoms with Crippen molar-refractivity contribution in [2.45, 2.75) is 112 Å². The van der Waals surface area contributed by atoms with Crippen LogP contribution in [0.3, 0.4) is 0 Å². The molecule has 0 bridgehead atoms. The maximum Gasteiger partial charge on any atom is 0.404 e. The van der Waals surface area contributed by atoms with Gasteiger partial charge in [0.25, 0.3) is 0 Å². The van der Waals surface area contributed by atoms with E-state index in [1.165, 1.54) is 0 Å². The zero-order valence-corrected chi connectivity index (χ0v) is 26.7. The van der Waals surface area contributed by atoms with Crippen molar-refractivity contribution in [2.24, 2.45) is 50.7 Å². The average molecular weight is 611 g/mol. The summed E-state index contributed by atoms with van der Waals surface area (Å²) in [7, 11) is -4.68. The Kier molecular flexibility index (Phi) is 6.91. The van der Waals surface area contributed by atoms with Gasteiger partial charge in [-0.2, -0.15) is 13.2 Å². The third-order valence-corrected chi connectivity index (χ3v) is 14.6. The number of hydrogen-bond acceptors (Lipinski definition) is 4. The lowest BCUT2D eigenvalue weighted by molar-refractivity contribution is -0.214. The van der Waals surface area contributed by atoms with Gasteiger partial charge >= 0.3 is 6.18 Å². The lowest BCUT2D eigenvalue weighted by Crippen LogP contribution is -2.72. The van der Waals surface area contributed by atoms with Gasteiger partial charge in [-0.25, -0.2) is 18.0 Å². The summed E-state index contributed by atoms with van der Waals surface area (Å²) in [6.07, 6.45) is 1.29. The zero-order chi connectivity index (χ0) is 31.5. The molecule has 0 saturated heterocycles. The topological polar surface area (TPSA) is 84.7 Å². The van der Waals surface area contributed by atoms with Gasteiger partial charge in [0.05, 0.1) is 6.57 Å². The van der Waals surface area contributed by atoms with E-state index in [0.717, 1.165) is 12.8 Å². The summed E-state index contributed by atoms with van der Waals surface area (Å²) in [6, 6.07) is 0. The van der Waals surface area contributed by atoms with Crippen LogP contribution >= 0.6 is 0 Å². The molecule has 0 amide bonds. The van der Waals surface area contributed by atoms with Gasteiger partial charge in [-0.3, -0.25) is 4.79 Å². The Bertz CT molecular complexity index is 1390. The van der Waals surface area contributed by atoms with Gasteiger partial charge in [0.2, 0.25) is 15.7 Å². The third kappa shape index (κ3) is 4.45. The molecule has 0 aromatic heterocycles. The molecule has 6 nitrogen and oxygen atoms in total. The number of alkyl halides is 3. The Labute approximate surface area is 248 Å². The van der Waals surface area contributed by atoms with Crippen LogP contribution < -0.4 is 4.72 Å². The van der Waals surface area contributed by atoms with E-state index >= 15 is 0 Å². The number of halogens is 3. The number of Topliss-reactive ketones (excluding diaryl/α,β-unsaturated/α-hetero) is 2. The van der Waals surface area contributed by atoms with Gasteiger partial charge in [0, 0.05) is 23.3 Å². The highest BCUT2D eigenvalue weighted by Crippen LogP contribution is 2.74. The smallest absolute Gasteiger partial charge is 0.307 e. The van der Waals surface area contributed by atoms with E-state index in [2.05, 4.69) is 44.2 Å². The van der Waals surface area contributed by atoms with Gasteiger partial charge in [-0.05, 0) is 84.4 Å². The van der Waals surface area contributed by atoms with E-state index in [1.807, 2.05) is 19.9 Å². The molecule has 0 aromatic carbocycles. The molecule has 5 rings (SSSR count). The number of hydrogen-bond donors (Lipinski definition) is 1. The standard InChI is InChI=1S/C32H45F3N2O4S/c1-26(2)11-13-31(37-42(40,41)18-32(33,34)35)14-12-30(7)24(19(31)16-26)21(38)15-23-28(5)17-20(36-8)25(39)27(3,4)22(28)9-10-29(23,30)6/h17,19,22-24,37H,9-16,18H2,1-7H3/t19?,22-,23+,24?,28-,29+,30+,31-/m0/s1. The van der Waals surface area contributed by atoms with Gasteiger partial charge < -0.3 is 4.79 Å². The first-order chi connectivity index (χ1) is 19.0. The summed E-state index contributed by atoms with van der Waals surface area (Å²) in [6.45, 7) is 22.2. The predicted molar refractivity (Wildman–Crippen MR) is 153 cm³/mol. The van der Waals surface area contributed by atoms with Crippen molar-refractivity contribution in [3.05, 3.63) is 23.2 Å². The first-order valence-electron chi connectivity index (χ1n) is 15.2. The molecule has 8 atom stereocenters. The SMILES string of the molecule is [C-]#[N+]C1=C[C@]2(C)[C@H]3CC(=O)C4C5CC(C)(C)CC[C@]5(NS(=O)(=O)CC(F)(F)F)CC[C@@]4(C)[C@]3(C)CC[C@H]2C(C)(C)C1=O. The Morgan fingerprint density at radius 1 is 0.952 bits per heavy atom. The Morgan fingerprint density at radius 2 is 1.57 bits per heavy atom. The van der Waals surface area contributed by atoms with Crippen LogP contribution in [0.1, 0.15) is 99.8 Å². The van der Waals surface area contributed by atoms with Gasteiger partial charge in [0.1, 0.15) is 5.78 Å². The normalized spacial score (nSPS) is 44.5. The summed E-state index contributed by atoms with van der Waals surface area (Å²) in [5, 5.41) is 0. The van der Waals surface area contributed by atoms with Crippen LogP contribution in [-0.2, 0) is 19.6 Å². The molecule has 0 aromatic rings. The number of rotatable bonds is 3. The van der Waals surface area contributed by atoms with Crippen LogP contribution in [0.15, 0.2) is 11.8 Å². The Hall–Kier alpha value is -1.73. The molecule has 5 aliphatic rings. The van der Waals surface area contributed by atoms with Crippen molar-refractivity contribution in [3.8, 4) is 0 Å². The number of sulfonamides is 1. The molecule has 0 radical (unpaired) electrons. The highest BCUT2D eigenvalue weighted by Gasteiger charge is 2.72.